The lowest BCUT2D eigenvalue weighted by atomic mass is 9.90. The van der Waals surface area contributed by atoms with Gasteiger partial charge in [-0.05, 0) is 19.3 Å². The quantitative estimate of drug-likeness (QED) is 0.396. The molecular formula is C11H23N3O2S. The Balaban J connectivity index is 2.88. The fourth-order valence-corrected chi connectivity index (χ4v) is 3.92. The molecule has 0 unspecified atom stereocenters. The number of hydrogen-bond acceptors (Lipinski definition) is 3. The molecule has 0 atom stereocenters. The van der Waals surface area contributed by atoms with Crippen molar-refractivity contribution in [2.24, 2.45) is 5.73 Å². The number of nitrogens with one attached hydrogen (secondary N) is 2. The summed E-state index contributed by atoms with van der Waals surface area (Å²) in [6, 6.07) is 0. The van der Waals surface area contributed by atoms with Crippen molar-refractivity contribution < 1.29 is 8.42 Å². The third-order valence-corrected chi connectivity index (χ3v) is 4.94. The summed E-state index contributed by atoms with van der Waals surface area (Å²) in [6.07, 6.45) is 5.89. The van der Waals surface area contributed by atoms with Crippen molar-refractivity contribution in [3.05, 3.63) is 0 Å². The van der Waals surface area contributed by atoms with E-state index in [0.717, 1.165) is 25.7 Å². The first kappa shape index (κ1) is 14.4. The Kier molecular flexibility index (Phi) is 4.94. The van der Waals surface area contributed by atoms with Gasteiger partial charge in [-0.1, -0.05) is 32.6 Å². The first-order valence-electron chi connectivity index (χ1n) is 6.28. The van der Waals surface area contributed by atoms with Gasteiger partial charge in [0, 0.05) is 0 Å². The van der Waals surface area contributed by atoms with Crippen LogP contribution in [0.1, 0.15) is 51.9 Å². The van der Waals surface area contributed by atoms with E-state index in [1.165, 1.54) is 0 Å². The van der Waals surface area contributed by atoms with Crippen LogP contribution in [0.5, 0.6) is 0 Å². The molecule has 1 aliphatic rings. The van der Waals surface area contributed by atoms with Crippen molar-refractivity contribution in [3.8, 4) is 0 Å². The lowest BCUT2D eigenvalue weighted by Crippen LogP contribution is -2.57. The number of nitrogens with two attached hydrogens (primary N) is 1. The molecule has 1 rings (SSSR count). The Morgan fingerprint density at radius 3 is 2.24 bits per heavy atom. The molecule has 0 aromatic carbocycles. The van der Waals surface area contributed by atoms with E-state index in [2.05, 4.69) is 4.72 Å². The van der Waals surface area contributed by atoms with Gasteiger partial charge in [0.25, 0.3) is 0 Å². The molecule has 0 aromatic heterocycles. The topological polar surface area (TPSA) is 96.0 Å². The second kappa shape index (κ2) is 5.82. The first-order chi connectivity index (χ1) is 7.92. The van der Waals surface area contributed by atoms with Gasteiger partial charge in [0.2, 0.25) is 10.0 Å². The van der Waals surface area contributed by atoms with Crippen LogP contribution in [0.15, 0.2) is 0 Å². The Labute approximate surface area is 104 Å². The van der Waals surface area contributed by atoms with Crippen LogP contribution in [0.2, 0.25) is 0 Å². The van der Waals surface area contributed by atoms with Gasteiger partial charge in [-0.3, -0.25) is 5.41 Å². The maximum atomic E-state index is 11.9. The fourth-order valence-electron chi connectivity index (χ4n) is 2.38. The highest BCUT2D eigenvalue weighted by atomic mass is 32.2. The van der Waals surface area contributed by atoms with Crippen LogP contribution in [0.4, 0.5) is 0 Å². The van der Waals surface area contributed by atoms with E-state index >= 15 is 0 Å². The summed E-state index contributed by atoms with van der Waals surface area (Å²) in [6.45, 7) is 1.83. The SMILES string of the molecule is CCCS(=O)(=O)NC1(C(=N)N)CCCCCC1. The number of sulfonamides is 1. The Morgan fingerprint density at radius 1 is 1.29 bits per heavy atom. The van der Waals surface area contributed by atoms with Gasteiger partial charge in [-0.2, -0.15) is 0 Å². The third kappa shape index (κ3) is 3.96. The average Bonchev–Trinajstić information content (AvgIpc) is 2.43. The molecule has 1 fully saturated rings. The lowest BCUT2D eigenvalue weighted by molar-refractivity contribution is 0.434. The molecule has 100 valence electrons. The Hall–Kier alpha value is -0.620. The van der Waals surface area contributed by atoms with E-state index in [-0.39, 0.29) is 11.6 Å². The van der Waals surface area contributed by atoms with Gasteiger partial charge < -0.3 is 5.73 Å². The number of amidine groups is 1. The van der Waals surface area contributed by atoms with E-state index in [4.69, 9.17) is 11.1 Å². The van der Waals surface area contributed by atoms with Crippen molar-refractivity contribution in [2.45, 2.75) is 57.4 Å². The summed E-state index contributed by atoms with van der Waals surface area (Å²) >= 11 is 0. The van der Waals surface area contributed by atoms with Crippen LogP contribution in [0.3, 0.4) is 0 Å². The Morgan fingerprint density at radius 2 is 1.82 bits per heavy atom. The van der Waals surface area contributed by atoms with Crippen LogP contribution in [-0.2, 0) is 10.0 Å². The second-order valence-corrected chi connectivity index (χ2v) is 6.67. The minimum absolute atomic E-state index is 0.0425. The molecule has 0 aromatic rings. The van der Waals surface area contributed by atoms with Crippen molar-refractivity contribution in [2.75, 3.05) is 5.75 Å². The zero-order valence-electron chi connectivity index (χ0n) is 10.5. The van der Waals surface area contributed by atoms with E-state index in [0.29, 0.717) is 19.3 Å². The maximum Gasteiger partial charge on any atom is 0.212 e. The maximum absolute atomic E-state index is 11.9. The molecule has 0 aliphatic heterocycles. The molecule has 6 heteroatoms. The van der Waals surface area contributed by atoms with Crippen LogP contribution >= 0.6 is 0 Å². The smallest absolute Gasteiger partial charge is 0.212 e. The fraction of sp³-hybridized carbons (Fsp3) is 0.909. The molecule has 5 nitrogen and oxygen atoms in total. The van der Waals surface area contributed by atoms with Crippen molar-refractivity contribution in [3.63, 3.8) is 0 Å². The predicted molar refractivity (Wildman–Crippen MR) is 69.6 cm³/mol. The number of hydrogen-bond donors (Lipinski definition) is 3. The summed E-state index contributed by atoms with van der Waals surface area (Å²) in [5.74, 6) is 0.0567. The van der Waals surface area contributed by atoms with E-state index in [1.54, 1.807) is 0 Å². The molecule has 0 spiro atoms. The second-order valence-electron chi connectivity index (χ2n) is 4.83. The number of rotatable bonds is 5. The highest BCUT2D eigenvalue weighted by Gasteiger charge is 2.37. The van der Waals surface area contributed by atoms with Gasteiger partial charge in [0.1, 0.15) is 5.84 Å². The van der Waals surface area contributed by atoms with Gasteiger partial charge in [0.05, 0.1) is 11.3 Å². The molecule has 0 heterocycles. The largest absolute Gasteiger partial charge is 0.386 e. The predicted octanol–water partition coefficient (Wildman–Crippen LogP) is 1.34. The zero-order chi connectivity index (χ0) is 12.9. The van der Waals surface area contributed by atoms with Gasteiger partial charge in [-0.25, -0.2) is 13.1 Å². The van der Waals surface area contributed by atoms with E-state index in [1.807, 2.05) is 6.92 Å². The zero-order valence-corrected chi connectivity index (χ0v) is 11.3. The van der Waals surface area contributed by atoms with Crippen molar-refractivity contribution >= 4 is 15.9 Å². The molecule has 0 saturated heterocycles. The molecule has 0 radical (unpaired) electrons. The standard InChI is InChI=1S/C11H23N3O2S/c1-2-9-17(15,16)14-11(10(12)13)7-5-3-4-6-8-11/h14H,2-9H2,1H3,(H3,12,13). The molecule has 1 saturated carbocycles. The molecule has 4 N–H and O–H groups in total. The van der Waals surface area contributed by atoms with Gasteiger partial charge in [-0.15, -0.1) is 0 Å². The highest BCUT2D eigenvalue weighted by molar-refractivity contribution is 7.89. The molecule has 0 bridgehead atoms. The summed E-state index contributed by atoms with van der Waals surface area (Å²) in [7, 11) is -3.32. The van der Waals surface area contributed by atoms with Crippen molar-refractivity contribution in [1.82, 2.24) is 4.72 Å². The monoisotopic (exact) mass is 261 g/mol. The van der Waals surface area contributed by atoms with Gasteiger partial charge >= 0.3 is 0 Å². The Bertz CT molecular complexity index is 357. The van der Waals surface area contributed by atoms with Crippen LogP contribution in [0.25, 0.3) is 0 Å². The molecule has 17 heavy (non-hydrogen) atoms. The average molecular weight is 261 g/mol. The minimum Gasteiger partial charge on any atom is -0.386 e. The van der Waals surface area contributed by atoms with Crippen LogP contribution in [-0.4, -0.2) is 25.5 Å². The van der Waals surface area contributed by atoms with E-state index < -0.39 is 15.6 Å². The summed E-state index contributed by atoms with van der Waals surface area (Å²) in [4.78, 5) is 0. The third-order valence-electron chi connectivity index (χ3n) is 3.30. The van der Waals surface area contributed by atoms with E-state index in [9.17, 15) is 8.42 Å². The van der Waals surface area contributed by atoms with Crippen molar-refractivity contribution in [1.29, 1.82) is 5.41 Å². The summed E-state index contributed by atoms with van der Waals surface area (Å²) in [5.41, 5.74) is 4.80. The first-order valence-corrected chi connectivity index (χ1v) is 7.93. The summed E-state index contributed by atoms with van der Waals surface area (Å²) in [5, 5.41) is 7.70. The van der Waals surface area contributed by atoms with Gasteiger partial charge in [0.15, 0.2) is 0 Å². The molecular weight excluding hydrogens is 238 g/mol. The minimum atomic E-state index is -3.32. The molecule has 0 amide bonds. The van der Waals surface area contributed by atoms with Crippen LogP contribution < -0.4 is 10.5 Å². The lowest BCUT2D eigenvalue weighted by Gasteiger charge is -2.32. The van der Waals surface area contributed by atoms with Crippen LogP contribution in [0, 0.1) is 5.41 Å². The highest BCUT2D eigenvalue weighted by Crippen LogP contribution is 2.27. The normalized spacial score (nSPS) is 20.8. The molecule has 1 aliphatic carbocycles. The summed E-state index contributed by atoms with van der Waals surface area (Å²) < 4.78 is 26.4.